The zero-order valence-corrected chi connectivity index (χ0v) is 10.5. The molecule has 0 N–H and O–H groups in total. The molecule has 0 aliphatic carbocycles. The van der Waals surface area contributed by atoms with Crippen LogP contribution in [-0.4, -0.2) is 14.2 Å². The maximum Gasteiger partial charge on any atom is 0.116 e. The van der Waals surface area contributed by atoms with E-state index in [0.717, 1.165) is 24.9 Å². The Morgan fingerprint density at radius 1 is 1.18 bits per heavy atom. The first-order valence-electron chi connectivity index (χ1n) is 4.28. The molecule has 0 spiro atoms. The Morgan fingerprint density at radius 3 is 1.91 bits per heavy atom. The molecule has 0 aromatic heterocycles. The van der Waals surface area contributed by atoms with Crippen molar-refractivity contribution in [3.05, 3.63) is 0 Å². The summed E-state index contributed by atoms with van der Waals surface area (Å²) in [6.07, 6.45) is 1.86. The SMILES string of the molecule is CCCC(=O)[SiH](CC)CC.[Ti]. The van der Waals surface area contributed by atoms with Gasteiger partial charge in [0.25, 0.3) is 0 Å². The van der Waals surface area contributed by atoms with Gasteiger partial charge in [-0.1, -0.05) is 32.9 Å². The van der Waals surface area contributed by atoms with Gasteiger partial charge in [0, 0.05) is 28.1 Å². The van der Waals surface area contributed by atoms with Gasteiger partial charge in [0.15, 0.2) is 0 Å². The molecule has 11 heavy (non-hydrogen) atoms. The van der Waals surface area contributed by atoms with E-state index in [9.17, 15) is 4.79 Å². The van der Waals surface area contributed by atoms with E-state index in [1.807, 2.05) is 0 Å². The summed E-state index contributed by atoms with van der Waals surface area (Å²) in [7, 11) is -0.943. The van der Waals surface area contributed by atoms with Gasteiger partial charge in [-0.3, -0.25) is 0 Å². The normalized spacial score (nSPS) is 9.45. The van der Waals surface area contributed by atoms with Gasteiger partial charge in [0.2, 0.25) is 0 Å². The van der Waals surface area contributed by atoms with Crippen molar-refractivity contribution in [3.8, 4) is 0 Å². The molecule has 0 heterocycles. The summed E-state index contributed by atoms with van der Waals surface area (Å²) in [6.45, 7) is 6.37. The average Bonchev–Trinajstić information content (AvgIpc) is 1.91. The van der Waals surface area contributed by atoms with E-state index in [1.54, 1.807) is 0 Å². The zero-order valence-electron chi connectivity index (χ0n) is 7.81. The van der Waals surface area contributed by atoms with Gasteiger partial charge >= 0.3 is 0 Å². The second-order valence-electron chi connectivity index (χ2n) is 2.73. The Kier molecular flexibility index (Phi) is 11.2. The van der Waals surface area contributed by atoms with Crippen LogP contribution >= 0.6 is 0 Å². The summed E-state index contributed by atoms with van der Waals surface area (Å²) in [5.74, 6) is 0. The van der Waals surface area contributed by atoms with Crippen LogP contribution < -0.4 is 0 Å². The Balaban J connectivity index is 0. The van der Waals surface area contributed by atoms with Gasteiger partial charge in [-0.05, 0) is 6.42 Å². The molecule has 0 saturated carbocycles. The molecule has 0 aromatic rings. The Hall–Kier alpha value is 0.601. The van der Waals surface area contributed by atoms with E-state index in [-0.39, 0.29) is 21.7 Å². The van der Waals surface area contributed by atoms with Crippen LogP contribution in [0.1, 0.15) is 33.6 Å². The summed E-state index contributed by atoms with van der Waals surface area (Å²) >= 11 is 0. The second-order valence-corrected chi connectivity index (χ2v) is 6.40. The summed E-state index contributed by atoms with van der Waals surface area (Å²) in [6, 6.07) is 2.30. The largest absolute Gasteiger partial charge is 0.306 e. The third-order valence-electron chi connectivity index (χ3n) is 1.94. The third-order valence-corrected chi connectivity index (χ3v) is 5.11. The molecular formula is C8H18OSiTi. The minimum Gasteiger partial charge on any atom is -0.306 e. The molecule has 0 fully saturated rings. The van der Waals surface area contributed by atoms with E-state index >= 15 is 0 Å². The molecule has 0 rings (SSSR count). The minimum absolute atomic E-state index is 0. The number of rotatable bonds is 5. The van der Waals surface area contributed by atoms with Crippen LogP contribution in [0.4, 0.5) is 0 Å². The van der Waals surface area contributed by atoms with Crippen molar-refractivity contribution in [1.29, 1.82) is 0 Å². The van der Waals surface area contributed by atoms with Gasteiger partial charge in [-0.15, -0.1) is 0 Å². The van der Waals surface area contributed by atoms with E-state index in [1.165, 1.54) is 0 Å². The number of hydrogen-bond acceptors (Lipinski definition) is 1. The summed E-state index contributed by atoms with van der Waals surface area (Å²) < 4.78 is 0. The Bertz CT molecular complexity index is 102. The van der Waals surface area contributed by atoms with Crippen LogP contribution in [0.3, 0.4) is 0 Å². The summed E-state index contributed by atoms with van der Waals surface area (Å²) in [5.41, 5.74) is 0. The number of carbonyl (C=O) groups is 1. The van der Waals surface area contributed by atoms with E-state index in [4.69, 9.17) is 0 Å². The number of hydrogen-bond donors (Lipinski definition) is 0. The van der Waals surface area contributed by atoms with Crippen LogP contribution in [-0.2, 0) is 26.5 Å². The van der Waals surface area contributed by atoms with Crippen molar-refractivity contribution in [2.45, 2.75) is 45.7 Å². The van der Waals surface area contributed by atoms with Crippen molar-refractivity contribution in [1.82, 2.24) is 0 Å². The van der Waals surface area contributed by atoms with Gasteiger partial charge in [0.1, 0.15) is 14.2 Å². The Morgan fingerprint density at radius 2 is 1.64 bits per heavy atom. The van der Waals surface area contributed by atoms with E-state index in [2.05, 4.69) is 20.8 Å². The zero-order chi connectivity index (χ0) is 7.98. The molecule has 0 radical (unpaired) electrons. The molecule has 3 heteroatoms. The number of carbonyl (C=O) groups excluding carboxylic acids is 1. The molecule has 0 aliphatic rings. The molecule has 0 bridgehead atoms. The molecule has 0 amide bonds. The van der Waals surface area contributed by atoms with Crippen LogP contribution in [0.25, 0.3) is 0 Å². The topological polar surface area (TPSA) is 17.1 Å². The van der Waals surface area contributed by atoms with Crippen LogP contribution in [0.2, 0.25) is 12.1 Å². The Labute approximate surface area is 86.4 Å². The molecule has 0 saturated heterocycles. The fourth-order valence-electron chi connectivity index (χ4n) is 1.19. The van der Waals surface area contributed by atoms with Crippen LogP contribution in [0.15, 0.2) is 0 Å². The van der Waals surface area contributed by atoms with Gasteiger partial charge in [0.05, 0.1) is 0 Å². The van der Waals surface area contributed by atoms with E-state index < -0.39 is 8.80 Å². The molecular weight excluding hydrogens is 188 g/mol. The summed E-state index contributed by atoms with van der Waals surface area (Å²) in [4.78, 5) is 11.3. The first-order chi connectivity index (χ1) is 4.76. The molecule has 64 valence electrons. The predicted molar refractivity (Wildman–Crippen MR) is 48.0 cm³/mol. The first kappa shape index (κ1) is 14.1. The maximum atomic E-state index is 11.3. The van der Waals surface area contributed by atoms with Gasteiger partial charge in [-0.2, -0.15) is 0 Å². The third kappa shape index (κ3) is 5.83. The maximum absolute atomic E-state index is 11.3. The summed E-state index contributed by atoms with van der Waals surface area (Å²) in [5, 5.41) is 0.590. The molecule has 0 aliphatic heterocycles. The first-order valence-corrected chi connectivity index (χ1v) is 6.49. The fraction of sp³-hybridized carbons (Fsp3) is 0.875. The molecule has 0 unspecified atom stereocenters. The van der Waals surface area contributed by atoms with Crippen molar-refractivity contribution in [3.63, 3.8) is 0 Å². The van der Waals surface area contributed by atoms with Crippen molar-refractivity contribution in [2.24, 2.45) is 0 Å². The minimum atomic E-state index is -0.943. The smallest absolute Gasteiger partial charge is 0.116 e. The van der Waals surface area contributed by atoms with Crippen molar-refractivity contribution >= 4 is 14.2 Å². The fourth-order valence-corrected chi connectivity index (χ4v) is 3.38. The second kappa shape index (κ2) is 8.70. The van der Waals surface area contributed by atoms with Gasteiger partial charge < -0.3 is 4.79 Å². The van der Waals surface area contributed by atoms with Crippen molar-refractivity contribution < 1.29 is 26.5 Å². The standard InChI is InChI=1S/C8H18OSi.Ti/c1-4-7-8(9)10(5-2)6-3;/h10H,4-7H2,1-3H3;. The quantitative estimate of drug-likeness (QED) is 0.630. The average molecular weight is 206 g/mol. The molecule has 0 atom stereocenters. The molecule has 1 nitrogen and oxygen atoms in total. The predicted octanol–water partition coefficient (Wildman–Crippen LogP) is 2.16. The monoisotopic (exact) mass is 206 g/mol. The van der Waals surface area contributed by atoms with E-state index in [0.29, 0.717) is 5.41 Å². The molecule has 0 aromatic carbocycles. The van der Waals surface area contributed by atoms with Crippen molar-refractivity contribution in [2.75, 3.05) is 0 Å². The van der Waals surface area contributed by atoms with Gasteiger partial charge in [-0.25, -0.2) is 0 Å². The van der Waals surface area contributed by atoms with Crippen LogP contribution in [0.5, 0.6) is 0 Å². The van der Waals surface area contributed by atoms with Crippen LogP contribution in [0, 0.1) is 0 Å².